The number of anilines is 1. The monoisotopic (exact) mass is 381 g/mol. The topological polar surface area (TPSA) is 72.9 Å². The van der Waals surface area contributed by atoms with Crippen molar-refractivity contribution < 1.29 is 27.1 Å². The lowest BCUT2D eigenvalue weighted by atomic mass is 10.2. The molecule has 0 amide bonds. The van der Waals surface area contributed by atoms with Gasteiger partial charge in [-0.25, -0.2) is 12.8 Å². The Hall–Kier alpha value is -2.61. The number of halogens is 1. The van der Waals surface area contributed by atoms with E-state index >= 15 is 0 Å². The van der Waals surface area contributed by atoms with E-state index in [-0.39, 0.29) is 12.4 Å². The maximum atomic E-state index is 13.7. The standard InChI is InChI=1S/C18H20FNO5S/c1-13-6-4-5-7-16(13)20(26(3,22)23)11-18(21)25-12-14-8-9-17(24-2)15(19)10-14/h4-10H,11-12H2,1-3H3. The van der Waals surface area contributed by atoms with E-state index in [0.717, 1.165) is 10.6 Å². The zero-order valence-electron chi connectivity index (χ0n) is 14.7. The molecule has 0 bridgehead atoms. The van der Waals surface area contributed by atoms with Crippen molar-refractivity contribution in [2.45, 2.75) is 13.5 Å². The highest BCUT2D eigenvalue weighted by Crippen LogP contribution is 2.22. The summed E-state index contributed by atoms with van der Waals surface area (Å²) in [5.74, 6) is -1.23. The third-order valence-electron chi connectivity index (χ3n) is 3.67. The number of carbonyl (C=O) groups is 1. The lowest BCUT2D eigenvalue weighted by Crippen LogP contribution is -2.36. The predicted molar refractivity (Wildman–Crippen MR) is 96.1 cm³/mol. The van der Waals surface area contributed by atoms with Crippen molar-refractivity contribution in [3.63, 3.8) is 0 Å². The normalized spacial score (nSPS) is 11.1. The van der Waals surface area contributed by atoms with Crippen LogP contribution in [0.4, 0.5) is 10.1 Å². The van der Waals surface area contributed by atoms with Crippen molar-refractivity contribution in [1.29, 1.82) is 0 Å². The summed E-state index contributed by atoms with van der Waals surface area (Å²) in [7, 11) is -2.33. The third-order valence-corrected chi connectivity index (χ3v) is 4.80. The number of hydrogen-bond acceptors (Lipinski definition) is 5. The highest BCUT2D eigenvalue weighted by molar-refractivity contribution is 7.92. The molecule has 0 aliphatic rings. The second kappa shape index (κ2) is 8.18. The second-order valence-corrected chi connectivity index (χ2v) is 7.59. The number of carbonyl (C=O) groups excluding carboxylic acids is 1. The number of hydrogen-bond donors (Lipinski definition) is 0. The van der Waals surface area contributed by atoms with Crippen LogP contribution >= 0.6 is 0 Å². The first kappa shape index (κ1) is 19.7. The van der Waals surface area contributed by atoms with Crippen molar-refractivity contribution >= 4 is 21.7 Å². The smallest absolute Gasteiger partial charge is 0.327 e. The van der Waals surface area contributed by atoms with E-state index in [1.54, 1.807) is 37.3 Å². The van der Waals surface area contributed by atoms with Crippen molar-refractivity contribution in [2.24, 2.45) is 0 Å². The van der Waals surface area contributed by atoms with Crippen LogP contribution in [-0.4, -0.2) is 34.3 Å². The quantitative estimate of drug-likeness (QED) is 0.690. The zero-order chi connectivity index (χ0) is 19.3. The van der Waals surface area contributed by atoms with E-state index < -0.39 is 28.4 Å². The molecule has 0 saturated heterocycles. The molecule has 0 heterocycles. The van der Waals surface area contributed by atoms with Crippen LogP contribution in [0.5, 0.6) is 5.75 Å². The van der Waals surface area contributed by atoms with Gasteiger partial charge in [0.2, 0.25) is 10.0 Å². The number of ether oxygens (including phenoxy) is 2. The van der Waals surface area contributed by atoms with Crippen molar-refractivity contribution in [2.75, 3.05) is 24.2 Å². The van der Waals surface area contributed by atoms with Gasteiger partial charge in [0.1, 0.15) is 13.2 Å². The maximum Gasteiger partial charge on any atom is 0.327 e. The Morgan fingerprint density at radius 3 is 2.46 bits per heavy atom. The Kier molecular flexibility index (Phi) is 6.20. The Morgan fingerprint density at radius 1 is 1.19 bits per heavy atom. The predicted octanol–water partition coefficient (Wildman–Crippen LogP) is 2.65. The van der Waals surface area contributed by atoms with Gasteiger partial charge >= 0.3 is 5.97 Å². The molecule has 8 heteroatoms. The van der Waals surface area contributed by atoms with Gasteiger partial charge in [-0.15, -0.1) is 0 Å². The molecule has 26 heavy (non-hydrogen) atoms. The number of benzene rings is 2. The number of nitrogens with zero attached hydrogens (tertiary/aromatic N) is 1. The first-order valence-corrected chi connectivity index (χ1v) is 9.58. The minimum absolute atomic E-state index is 0.0860. The van der Waals surface area contributed by atoms with Crippen molar-refractivity contribution in [3.05, 3.63) is 59.4 Å². The number of sulfonamides is 1. The van der Waals surface area contributed by atoms with Crippen LogP contribution in [0.2, 0.25) is 0 Å². The van der Waals surface area contributed by atoms with E-state index in [2.05, 4.69) is 0 Å². The number of aryl methyl sites for hydroxylation is 1. The molecule has 0 atom stereocenters. The SMILES string of the molecule is COc1ccc(COC(=O)CN(c2ccccc2C)S(C)(=O)=O)cc1F. The highest BCUT2D eigenvalue weighted by Gasteiger charge is 2.23. The second-order valence-electron chi connectivity index (χ2n) is 5.69. The molecule has 0 radical (unpaired) electrons. The number of methoxy groups -OCH3 is 1. The van der Waals surface area contributed by atoms with E-state index in [1.165, 1.54) is 19.2 Å². The average molecular weight is 381 g/mol. The summed E-state index contributed by atoms with van der Waals surface area (Å²) >= 11 is 0. The van der Waals surface area contributed by atoms with Crippen LogP contribution in [0.3, 0.4) is 0 Å². The number of rotatable bonds is 7. The molecule has 0 spiro atoms. The maximum absolute atomic E-state index is 13.7. The molecule has 0 unspecified atom stereocenters. The Labute approximate surface area is 152 Å². The fourth-order valence-corrected chi connectivity index (χ4v) is 3.25. The molecule has 0 aromatic heterocycles. The molecule has 0 aliphatic heterocycles. The lowest BCUT2D eigenvalue weighted by molar-refractivity contribution is -0.143. The molecular formula is C18H20FNO5S. The fraction of sp³-hybridized carbons (Fsp3) is 0.278. The van der Waals surface area contributed by atoms with Gasteiger partial charge in [-0.05, 0) is 36.2 Å². The molecular weight excluding hydrogens is 361 g/mol. The van der Waals surface area contributed by atoms with Crippen molar-refractivity contribution in [3.8, 4) is 5.75 Å². The Morgan fingerprint density at radius 2 is 1.88 bits per heavy atom. The van der Waals surface area contributed by atoms with Crippen LogP contribution in [0, 0.1) is 12.7 Å². The van der Waals surface area contributed by atoms with Crippen LogP contribution in [0.25, 0.3) is 0 Å². The summed E-state index contributed by atoms with van der Waals surface area (Å²) in [5, 5.41) is 0. The Bertz CT molecular complexity index is 898. The first-order chi connectivity index (χ1) is 12.2. The molecule has 0 fully saturated rings. The molecule has 2 rings (SSSR count). The van der Waals surface area contributed by atoms with Gasteiger partial charge < -0.3 is 9.47 Å². The average Bonchev–Trinajstić information content (AvgIpc) is 2.58. The zero-order valence-corrected chi connectivity index (χ0v) is 15.5. The van der Waals surface area contributed by atoms with E-state index in [0.29, 0.717) is 16.8 Å². The molecule has 2 aromatic rings. The molecule has 0 saturated carbocycles. The van der Waals surface area contributed by atoms with Gasteiger partial charge in [-0.3, -0.25) is 9.10 Å². The van der Waals surface area contributed by atoms with Crippen LogP contribution in [0.15, 0.2) is 42.5 Å². The van der Waals surface area contributed by atoms with E-state index in [1.807, 2.05) is 0 Å². The van der Waals surface area contributed by atoms with Crippen molar-refractivity contribution in [1.82, 2.24) is 0 Å². The summed E-state index contributed by atoms with van der Waals surface area (Å²) in [4.78, 5) is 12.1. The molecule has 140 valence electrons. The molecule has 6 nitrogen and oxygen atoms in total. The summed E-state index contributed by atoms with van der Waals surface area (Å²) in [6, 6.07) is 11.0. The summed E-state index contributed by atoms with van der Waals surface area (Å²) < 4.78 is 48.7. The first-order valence-electron chi connectivity index (χ1n) is 7.73. The third kappa shape index (κ3) is 4.95. The summed E-state index contributed by atoms with van der Waals surface area (Å²) in [6.45, 7) is 1.10. The highest BCUT2D eigenvalue weighted by atomic mass is 32.2. The van der Waals surface area contributed by atoms with Gasteiger partial charge in [-0.2, -0.15) is 0 Å². The minimum atomic E-state index is -3.68. The van der Waals surface area contributed by atoms with E-state index in [9.17, 15) is 17.6 Å². The lowest BCUT2D eigenvalue weighted by Gasteiger charge is -2.23. The number of esters is 1. The fourth-order valence-electron chi connectivity index (χ4n) is 2.35. The minimum Gasteiger partial charge on any atom is -0.494 e. The van der Waals surface area contributed by atoms with Gasteiger partial charge in [0, 0.05) is 0 Å². The van der Waals surface area contributed by atoms with Crippen LogP contribution < -0.4 is 9.04 Å². The van der Waals surface area contributed by atoms with Crippen LogP contribution in [-0.2, 0) is 26.2 Å². The Balaban J connectivity index is 2.09. The molecule has 2 aromatic carbocycles. The van der Waals surface area contributed by atoms with Gasteiger partial charge in [0.15, 0.2) is 11.6 Å². The van der Waals surface area contributed by atoms with Gasteiger partial charge in [0.05, 0.1) is 19.1 Å². The number of para-hydroxylation sites is 1. The van der Waals surface area contributed by atoms with Crippen LogP contribution in [0.1, 0.15) is 11.1 Å². The van der Waals surface area contributed by atoms with E-state index in [4.69, 9.17) is 9.47 Å². The summed E-state index contributed by atoms with van der Waals surface area (Å²) in [6.07, 6.45) is 1.02. The van der Waals surface area contributed by atoms with Gasteiger partial charge in [-0.1, -0.05) is 24.3 Å². The molecule has 0 N–H and O–H groups in total. The van der Waals surface area contributed by atoms with Gasteiger partial charge in [0.25, 0.3) is 0 Å². The largest absolute Gasteiger partial charge is 0.494 e. The summed E-state index contributed by atoms with van der Waals surface area (Å²) in [5.41, 5.74) is 1.55. The molecule has 0 aliphatic carbocycles.